The second-order valence-corrected chi connectivity index (χ2v) is 4.23. The first kappa shape index (κ1) is 16.5. The molecule has 0 bridgehead atoms. The van der Waals surface area contributed by atoms with Gasteiger partial charge in [0.05, 0.1) is 6.54 Å². The van der Waals surface area contributed by atoms with E-state index in [4.69, 9.17) is 5.11 Å². The number of hydrogen-bond donors (Lipinski definition) is 1. The van der Waals surface area contributed by atoms with Crippen molar-refractivity contribution in [1.82, 2.24) is 4.90 Å². The van der Waals surface area contributed by atoms with Crippen LogP contribution in [0.25, 0.3) is 0 Å². The van der Waals surface area contributed by atoms with E-state index in [1.165, 1.54) is 18.2 Å². The Bertz CT molecular complexity index is 502. The molecule has 0 aromatic heterocycles. The van der Waals surface area contributed by atoms with E-state index in [0.717, 1.165) is 4.90 Å². The summed E-state index contributed by atoms with van der Waals surface area (Å²) in [5.74, 6) is 4.34. The topological polar surface area (TPSA) is 23.5 Å². The Morgan fingerprint density at radius 3 is 2.50 bits per heavy atom. The molecule has 0 saturated carbocycles. The maximum atomic E-state index is 13.4. The molecular weight excluding hydrogens is 274 g/mol. The van der Waals surface area contributed by atoms with Crippen molar-refractivity contribution in [3.8, 4) is 11.8 Å². The molecule has 0 saturated heterocycles. The molecule has 0 atom stereocenters. The predicted molar refractivity (Wildman–Crippen MR) is 67.4 cm³/mol. The highest BCUT2D eigenvalue weighted by molar-refractivity contribution is 5.37. The molecular formula is C14H15F4NO. The van der Waals surface area contributed by atoms with Gasteiger partial charge in [-0.05, 0) is 30.3 Å². The summed E-state index contributed by atoms with van der Waals surface area (Å²) in [6.07, 6.45) is -4.29. The van der Waals surface area contributed by atoms with Gasteiger partial charge in [-0.25, -0.2) is 4.39 Å². The van der Waals surface area contributed by atoms with Crippen molar-refractivity contribution >= 4 is 0 Å². The van der Waals surface area contributed by atoms with E-state index >= 15 is 0 Å². The maximum Gasteiger partial charge on any atom is 0.401 e. The number of aliphatic hydroxyl groups excluding tert-OH is 1. The summed E-state index contributed by atoms with van der Waals surface area (Å²) in [5.41, 5.74) is 0.746. The number of nitrogens with zero attached hydrogens (tertiary/aromatic N) is 1. The highest BCUT2D eigenvalue weighted by atomic mass is 19.4. The fourth-order valence-electron chi connectivity index (χ4n) is 1.75. The number of benzene rings is 1. The molecule has 110 valence electrons. The Balaban J connectivity index is 2.87. The molecule has 20 heavy (non-hydrogen) atoms. The summed E-state index contributed by atoms with van der Waals surface area (Å²) in [4.78, 5) is 1.16. The summed E-state index contributed by atoms with van der Waals surface area (Å²) >= 11 is 0. The molecule has 6 heteroatoms. The van der Waals surface area contributed by atoms with E-state index in [1.54, 1.807) is 6.92 Å². The maximum absolute atomic E-state index is 13.4. The third-order valence-corrected chi connectivity index (χ3v) is 2.53. The summed E-state index contributed by atoms with van der Waals surface area (Å²) in [6.45, 7) is 0.394. The molecule has 1 aromatic rings. The molecule has 1 N–H and O–H groups in total. The van der Waals surface area contributed by atoms with Gasteiger partial charge in [0.1, 0.15) is 12.4 Å². The third-order valence-electron chi connectivity index (χ3n) is 2.53. The largest absolute Gasteiger partial charge is 0.401 e. The van der Waals surface area contributed by atoms with Crippen LogP contribution in [-0.2, 0) is 6.54 Å². The van der Waals surface area contributed by atoms with Crippen molar-refractivity contribution < 1.29 is 22.7 Å². The Labute approximate surface area is 115 Å². The minimum absolute atomic E-state index is 0.0123. The SMILES string of the molecule is CCN(Cc1cc(F)cc(C#CCO)c1)CC(F)(F)F. The molecule has 0 amide bonds. The first-order chi connectivity index (χ1) is 9.34. The summed E-state index contributed by atoms with van der Waals surface area (Å²) in [5, 5.41) is 8.58. The van der Waals surface area contributed by atoms with Crippen LogP contribution in [0.5, 0.6) is 0 Å². The Morgan fingerprint density at radius 2 is 1.95 bits per heavy atom. The van der Waals surface area contributed by atoms with Crippen molar-refractivity contribution in [3.05, 3.63) is 35.1 Å². The summed E-state index contributed by atoms with van der Waals surface area (Å²) in [6, 6.07) is 3.88. The van der Waals surface area contributed by atoms with Gasteiger partial charge in [-0.2, -0.15) is 13.2 Å². The van der Waals surface area contributed by atoms with Gasteiger partial charge in [-0.3, -0.25) is 4.90 Å². The number of hydrogen-bond acceptors (Lipinski definition) is 2. The van der Waals surface area contributed by atoms with Crippen molar-refractivity contribution in [2.24, 2.45) is 0 Å². The Kier molecular flexibility index (Phi) is 5.99. The van der Waals surface area contributed by atoms with Gasteiger partial charge in [0.25, 0.3) is 0 Å². The standard InChI is InChI=1S/C14H15F4NO/c1-2-19(10-14(16,17)18)9-12-6-11(4-3-5-20)7-13(15)8-12/h6-8,20H,2,5,9-10H2,1H3. The van der Waals surface area contributed by atoms with Gasteiger partial charge in [0.2, 0.25) is 0 Å². The van der Waals surface area contributed by atoms with Crippen LogP contribution in [0.2, 0.25) is 0 Å². The lowest BCUT2D eigenvalue weighted by Crippen LogP contribution is -2.33. The fraction of sp³-hybridized carbons (Fsp3) is 0.429. The van der Waals surface area contributed by atoms with Crippen LogP contribution >= 0.6 is 0 Å². The van der Waals surface area contributed by atoms with Gasteiger partial charge < -0.3 is 5.11 Å². The number of alkyl halides is 3. The van der Waals surface area contributed by atoms with E-state index in [-0.39, 0.29) is 19.7 Å². The van der Waals surface area contributed by atoms with Crippen molar-refractivity contribution in [1.29, 1.82) is 0 Å². The van der Waals surface area contributed by atoms with Crippen molar-refractivity contribution in [2.45, 2.75) is 19.6 Å². The first-order valence-electron chi connectivity index (χ1n) is 6.02. The van der Waals surface area contributed by atoms with Gasteiger partial charge in [0.15, 0.2) is 0 Å². The minimum atomic E-state index is -4.29. The van der Waals surface area contributed by atoms with Crippen LogP contribution in [0.1, 0.15) is 18.1 Å². The number of halogens is 4. The molecule has 0 unspecified atom stereocenters. The molecule has 0 heterocycles. The van der Waals surface area contributed by atoms with E-state index < -0.39 is 18.5 Å². The summed E-state index contributed by atoms with van der Waals surface area (Å²) < 4.78 is 50.4. The van der Waals surface area contributed by atoms with Crippen LogP contribution < -0.4 is 0 Å². The average molecular weight is 289 g/mol. The molecule has 1 aromatic carbocycles. The zero-order chi connectivity index (χ0) is 15.2. The quantitative estimate of drug-likeness (QED) is 0.680. The molecule has 0 radical (unpaired) electrons. The van der Waals surface area contributed by atoms with E-state index in [9.17, 15) is 17.6 Å². The smallest absolute Gasteiger partial charge is 0.384 e. The van der Waals surface area contributed by atoms with Gasteiger partial charge in [-0.15, -0.1) is 0 Å². The van der Waals surface area contributed by atoms with Crippen molar-refractivity contribution in [2.75, 3.05) is 19.7 Å². The zero-order valence-corrected chi connectivity index (χ0v) is 11.0. The second kappa shape index (κ2) is 7.27. The average Bonchev–Trinajstić information content (AvgIpc) is 2.33. The lowest BCUT2D eigenvalue weighted by molar-refractivity contribution is -0.146. The molecule has 0 fully saturated rings. The fourth-order valence-corrected chi connectivity index (χ4v) is 1.75. The highest BCUT2D eigenvalue weighted by Crippen LogP contribution is 2.18. The van der Waals surface area contributed by atoms with Crippen LogP contribution in [0.4, 0.5) is 17.6 Å². The lowest BCUT2D eigenvalue weighted by atomic mass is 10.1. The van der Waals surface area contributed by atoms with Gasteiger partial charge in [-0.1, -0.05) is 18.8 Å². The first-order valence-corrected chi connectivity index (χ1v) is 6.02. The predicted octanol–water partition coefficient (Wildman–Crippen LogP) is 2.55. The highest BCUT2D eigenvalue weighted by Gasteiger charge is 2.30. The summed E-state index contributed by atoms with van der Waals surface area (Å²) in [7, 11) is 0. The second-order valence-electron chi connectivity index (χ2n) is 4.23. The lowest BCUT2D eigenvalue weighted by Gasteiger charge is -2.22. The van der Waals surface area contributed by atoms with Crippen LogP contribution in [0.15, 0.2) is 18.2 Å². The van der Waals surface area contributed by atoms with E-state index in [0.29, 0.717) is 11.1 Å². The van der Waals surface area contributed by atoms with E-state index in [2.05, 4.69) is 11.8 Å². The molecule has 2 nitrogen and oxygen atoms in total. The normalized spacial score (nSPS) is 11.3. The Morgan fingerprint density at radius 1 is 1.25 bits per heavy atom. The zero-order valence-electron chi connectivity index (χ0n) is 11.0. The van der Waals surface area contributed by atoms with Gasteiger partial charge in [0, 0.05) is 12.1 Å². The van der Waals surface area contributed by atoms with E-state index in [1.807, 2.05) is 0 Å². The van der Waals surface area contributed by atoms with Crippen LogP contribution in [0.3, 0.4) is 0 Å². The third kappa shape index (κ3) is 6.04. The van der Waals surface area contributed by atoms with Gasteiger partial charge >= 0.3 is 6.18 Å². The number of aliphatic hydroxyl groups is 1. The van der Waals surface area contributed by atoms with Crippen LogP contribution in [0, 0.1) is 17.7 Å². The monoisotopic (exact) mass is 289 g/mol. The Hall–Kier alpha value is -1.58. The molecule has 0 spiro atoms. The molecule has 0 aliphatic rings. The molecule has 1 rings (SSSR count). The van der Waals surface area contributed by atoms with Crippen molar-refractivity contribution in [3.63, 3.8) is 0 Å². The minimum Gasteiger partial charge on any atom is -0.384 e. The number of rotatable bonds is 4. The molecule has 0 aliphatic heterocycles. The van der Waals surface area contributed by atoms with Crippen LogP contribution in [-0.4, -0.2) is 35.9 Å². The molecule has 0 aliphatic carbocycles.